The Balaban J connectivity index is 1.70. The van der Waals surface area contributed by atoms with Crippen LogP contribution in [-0.2, 0) is 20.7 Å². The molecule has 1 fully saturated rings. The maximum Gasteiger partial charge on any atom is 0.202 e. The first-order valence-corrected chi connectivity index (χ1v) is 12.3. The smallest absolute Gasteiger partial charge is 0.202 e. The molecule has 1 saturated heterocycles. The summed E-state index contributed by atoms with van der Waals surface area (Å²) in [5.41, 5.74) is 2.78. The topological polar surface area (TPSA) is 186 Å². The molecule has 0 bridgehead atoms. The Morgan fingerprint density at radius 2 is 1.84 bits per heavy atom. The van der Waals surface area contributed by atoms with Crippen LogP contribution in [-0.4, -0.2) is 75.5 Å². The Labute approximate surface area is 217 Å². The van der Waals surface area contributed by atoms with Crippen molar-refractivity contribution in [2.24, 2.45) is 5.73 Å². The second kappa shape index (κ2) is 9.44. The summed E-state index contributed by atoms with van der Waals surface area (Å²) < 4.78 is 17.2. The van der Waals surface area contributed by atoms with Crippen LogP contribution in [0.1, 0.15) is 75.3 Å². The Kier molecular flexibility index (Phi) is 6.52. The van der Waals surface area contributed by atoms with Crippen LogP contribution < -0.4 is 10.5 Å². The third-order valence-corrected chi connectivity index (χ3v) is 7.57. The summed E-state index contributed by atoms with van der Waals surface area (Å²) in [6.45, 7) is 0.827. The van der Waals surface area contributed by atoms with E-state index < -0.39 is 77.4 Å². The SMILES string of the molecule is COc1cccc2c1C(=O)c1c(O)c3c(c(O)c1C2=O)C[C@@](O)(C(=O)CO)C[C@H]3OC1CC(N)CC(C)O1. The minimum atomic E-state index is -2.18. The van der Waals surface area contributed by atoms with Gasteiger partial charge in [-0.05, 0) is 19.4 Å². The van der Waals surface area contributed by atoms with Crippen molar-refractivity contribution < 1.29 is 49.0 Å². The average Bonchev–Trinajstić information content (AvgIpc) is 2.87. The second-order valence-corrected chi connectivity index (χ2v) is 10.1. The molecule has 3 aliphatic rings. The maximum absolute atomic E-state index is 13.6. The quantitative estimate of drug-likeness (QED) is 0.298. The molecule has 38 heavy (non-hydrogen) atoms. The number of aliphatic hydroxyl groups is 2. The van der Waals surface area contributed by atoms with Crippen molar-refractivity contribution in [3.63, 3.8) is 0 Å². The van der Waals surface area contributed by atoms with Gasteiger partial charge in [0, 0.05) is 42.0 Å². The first kappa shape index (κ1) is 26.3. The Morgan fingerprint density at radius 3 is 2.50 bits per heavy atom. The highest BCUT2D eigenvalue weighted by Crippen LogP contribution is 2.52. The van der Waals surface area contributed by atoms with Crippen LogP contribution in [0, 0.1) is 0 Å². The van der Waals surface area contributed by atoms with Crippen molar-refractivity contribution in [2.75, 3.05) is 13.7 Å². The molecule has 2 aromatic carbocycles. The van der Waals surface area contributed by atoms with Gasteiger partial charge in [-0.1, -0.05) is 12.1 Å². The number of phenolic OH excluding ortho intramolecular Hbond substituents is 2. The van der Waals surface area contributed by atoms with Gasteiger partial charge in [0.2, 0.25) is 5.78 Å². The number of ketones is 3. The van der Waals surface area contributed by atoms with E-state index in [4.69, 9.17) is 19.9 Å². The number of Topliss-reactive ketones (excluding diaryl/α,β-unsaturated/α-hetero) is 1. The van der Waals surface area contributed by atoms with Gasteiger partial charge in [0.05, 0.1) is 36.0 Å². The highest BCUT2D eigenvalue weighted by Gasteiger charge is 2.49. The lowest BCUT2D eigenvalue weighted by Gasteiger charge is -2.41. The van der Waals surface area contributed by atoms with Gasteiger partial charge < -0.3 is 40.4 Å². The van der Waals surface area contributed by atoms with Crippen LogP contribution in [0.3, 0.4) is 0 Å². The molecule has 5 atom stereocenters. The normalized spacial score (nSPS) is 28.3. The highest BCUT2D eigenvalue weighted by molar-refractivity contribution is 6.31. The van der Waals surface area contributed by atoms with E-state index in [0.717, 1.165) is 0 Å². The summed E-state index contributed by atoms with van der Waals surface area (Å²) >= 11 is 0. The molecule has 1 aliphatic heterocycles. The van der Waals surface area contributed by atoms with E-state index in [-0.39, 0.29) is 46.6 Å². The van der Waals surface area contributed by atoms with E-state index in [2.05, 4.69) is 0 Å². The number of fused-ring (bicyclic) bond motifs is 3. The fourth-order valence-corrected chi connectivity index (χ4v) is 5.81. The largest absolute Gasteiger partial charge is 0.507 e. The highest BCUT2D eigenvalue weighted by atomic mass is 16.7. The van der Waals surface area contributed by atoms with Crippen molar-refractivity contribution in [3.05, 3.63) is 51.6 Å². The third-order valence-electron chi connectivity index (χ3n) is 7.57. The van der Waals surface area contributed by atoms with Crippen molar-refractivity contribution in [1.82, 2.24) is 0 Å². The fraction of sp³-hybridized carbons (Fsp3) is 0.444. The molecular weight excluding hydrogens is 498 g/mol. The number of ether oxygens (including phenoxy) is 3. The number of hydrogen-bond donors (Lipinski definition) is 5. The van der Waals surface area contributed by atoms with Crippen LogP contribution >= 0.6 is 0 Å². The number of aromatic hydroxyl groups is 2. The third kappa shape index (κ3) is 3.98. The van der Waals surface area contributed by atoms with Crippen LogP contribution in [0.4, 0.5) is 0 Å². The molecule has 0 amide bonds. The average molecular weight is 528 g/mol. The Hall–Kier alpha value is -3.35. The lowest BCUT2D eigenvalue weighted by atomic mass is 9.72. The molecule has 11 nitrogen and oxygen atoms in total. The molecule has 0 spiro atoms. The molecule has 0 saturated carbocycles. The minimum Gasteiger partial charge on any atom is -0.507 e. The van der Waals surface area contributed by atoms with Gasteiger partial charge in [-0.3, -0.25) is 14.4 Å². The molecule has 2 aromatic rings. The van der Waals surface area contributed by atoms with Crippen molar-refractivity contribution in [2.45, 2.75) is 62.7 Å². The molecule has 6 N–H and O–H groups in total. The van der Waals surface area contributed by atoms with E-state index in [1.54, 1.807) is 0 Å². The molecule has 3 unspecified atom stereocenters. The summed E-state index contributed by atoms with van der Waals surface area (Å²) in [6.07, 6.45) is -2.45. The standard InChI is InChI=1S/C27H29NO10/c1-11-6-12(28)7-18(37-11)38-16-9-27(35,17(30)10-29)8-14-20(16)26(34)22-21(24(14)32)23(31)13-4-3-5-15(36-2)19(13)25(22)33/h3-5,11-12,16,18,29,32,34-35H,6-10,28H2,1-2H3/t11?,12?,16-,18?,27+/m1/s1. The number of aliphatic hydroxyl groups excluding tert-OH is 1. The molecule has 0 aromatic heterocycles. The van der Waals surface area contributed by atoms with Gasteiger partial charge in [0.25, 0.3) is 0 Å². The number of hydrogen-bond acceptors (Lipinski definition) is 11. The number of methoxy groups -OCH3 is 1. The lowest BCUT2D eigenvalue weighted by Crippen LogP contribution is -2.48. The van der Waals surface area contributed by atoms with Gasteiger partial charge in [0.1, 0.15) is 29.5 Å². The fourth-order valence-electron chi connectivity index (χ4n) is 5.81. The number of rotatable bonds is 5. The minimum absolute atomic E-state index is 0.0274. The van der Waals surface area contributed by atoms with Gasteiger partial charge >= 0.3 is 0 Å². The summed E-state index contributed by atoms with van der Waals surface area (Å²) in [6, 6.07) is 4.17. The molecule has 11 heteroatoms. The van der Waals surface area contributed by atoms with E-state index in [9.17, 15) is 34.8 Å². The predicted molar refractivity (Wildman–Crippen MR) is 130 cm³/mol. The van der Waals surface area contributed by atoms with Crippen molar-refractivity contribution in [1.29, 1.82) is 0 Å². The molecule has 0 radical (unpaired) electrons. The molecule has 1 heterocycles. The van der Waals surface area contributed by atoms with Crippen LogP contribution in [0.25, 0.3) is 0 Å². The number of carbonyl (C=O) groups is 3. The summed E-state index contributed by atoms with van der Waals surface area (Å²) in [7, 11) is 1.34. The van der Waals surface area contributed by atoms with E-state index >= 15 is 0 Å². The first-order chi connectivity index (χ1) is 18.0. The maximum atomic E-state index is 13.6. The van der Waals surface area contributed by atoms with Gasteiger partial charge in [-0.2, -0.15) is 0 Å². The number of benzene rings is 2. The Bertz CT molecular complexity index is 1340. The van der Waals surface area contributed by atoms with Crippen molar-refractivity contribution >= 4 is 17.3 Å². The summed E-state index contributed by atoms with van der Waals surface area (Å²) in [5, 5.41) is 43.6. The number of phenols is 2. The van der Waals surface area contributed by atoms with Crippen LogP contribution in [0.2, 0.25) is 0 Å². The number of nitrogens with two attached hydrogens (primary N) is 1. The van der Waals surface area contributed by atoms with Crippen LogP contribution in [0.5, 0.6) is 17.2 Å². The molecule has 202 valence electrons. The summed E-state index contributed by atoms with van der Waals surface area (Å²) in [5.74, 6) is -3.55. The zero-order valence-electron chi connectivity index (χ0n) is 20.9. The molecule has 5 rings (SSSR count). The Morgan fingerprint density at radius 1 is 1.13 bits per heavy atom. The van der Waals surface area contributed by atoms with Gasteiger partial charge in [0.15, 0.2) is 17.9 Å². The second-order valence-electron chi connectivity index (χ2n) is 10.1. The number of carbonyl (C=O) groups excluding carboxylic acids is 3. The zero-order valence-corrected chi connectivity index (χ0v) is 20.9. The van der Waals surface area contributed by atoms with Gasteiger partial charge in [-0.15, -0.1) is 0 Å². The van der Waals surface area contributed by atoms with E-state index in [1.165, 1.54) is 25.3 Å². The van der Waals surface area contributed by atoms with E-state index in [0.29, 0.717) is 6.42 Å². The van der Waals surface area contributed by atoms with E-state index in [1.807, 2.05) is 6.92 Å². The zero-order chi connectivity index (χ0) is 27.5. The predicted octanol–water partition coefficient (Wildman–Crippen LogP) is 1.03. The summed E-state index contributed by atoms with van der Waals surface area (Å²) in [4.78, 5) is 39.7. The van der Waals surface area contributed by atoms with Crippen LogP contribution in [0.15, 0.2) is 18.2 Å². The van der Waals surface area contributed by atoms with Crippen molar-refractivity contribution in [3.8, 4) is 17.2 Å². The molecule has 2 aliphatic carbocycles. The first-order valence-electron chi connectivity index (χ1n) is 12.3. The molecular formula is C27H29NO10. The monoisotopic (exact) mass is 527 g/mol. The van der Waals surface area contributed by atoms with Gasteiger partial charge in [-0.25, -0.2) is 0 Å². The lowest BCUT2D eigenvalue weighted by molar-refractivity contribution is -0.225.